The summed E-state index contributed by atoms with van der Waals surface area (Å²) in [5.41, 5.74) is 6.02. The van der Waals surface area contributed by atoms with Crippen LogP contribution < -0.4 is 10.5 Å². The number of thiazole rings is 1. The fourth-order valence-electron chi connectivity index (χ4n) is 0.754. The number of rotatable bonds is 4. The number of nitrogens with two attached hydrogens (primary N) is 1. The number of amidine groups is 1. The van der Waals surface area contributed by atoms with Gasteiger partial charge in [-0.2, -0.15) is 0 Å². The SMILES string of the molecule is CCOc1nc(CC(=N)N)cs1. The Morgan fingerprint density at radius 1 is 1.83 bits per heavy atom. The number of aromatic nitrogens is 1. The van der Waals surface area contributed by atoms with Crippen LogP contribution in [0, 0.1) is 5.41 Å². The van der Waals surface area contributed by atoms with Gasteiger partial charge in [-0.1, -0.05) is 11.3 Å². The Balaban J connectivity index is 2.58. The number of hydrogen-bond donors (Lipinski definition) is 2. The second kappa shape index (κ2) is 4.06. The van der Waals surface area contributed by atoms with Crippen molar-refractivity contribution in [2.24, 2.45) is 5.73 Å². The molecule has 0 saturated heterocycles. The molecule has 0 radical (unpaired) electrons. The lowest BCUT2D eigenvalue weighted by molar-refractivity contribution is 0.337. The first kappa shape index (κ1) is 8.99. The average molecular weight is 185 g/mol. The number of nitrogens with one attached hydrogen (secondary N) is 1. The molecule has 1 heterocycles. The van der Waals surface area contributed by atoms with Crippen LogP contribution in [0.3, 0.4) is 0 Å². The van der Waals surface area contributed by atoms with Gasteiger partial charge in [0.25, 0.3) is 5.19 Å². The van der Waals surface area contributed by atoms with Crippen LogP contribution in [0.15, 0.2) is 5.38 Å². The molecule has 4 nitrogen and oxygen atoms in total. The molecule has 0 aliphatic rings. The number of ether oxygens (including phenoxy) is 1. The van der Waals surface area contributed by atoms with E-state index in [1.54, 1.807) is 0 Å². The fraction of sp³-hybridized carbons (Fsp3) is 0.429. The van der Waals surface area contributed by atoms with Crippen LogP contribution in [-0.4, -0.2) is 17.4 Å². The first-order chi connectivity index (χ1) is 5.72. The second-order valence-corrected chi connectivity index (χ2v) is 3.06. The highest BCUT2D eigenvalue weighted by Crippen LogP contribution is 2.17. The highest BCUT2D eigenvalue weighted by molar-refractivity contribution is 7.11. The van der Waals surface area contributed by atoms with E-state index in [4.69, 9.17) is 15.9 Å². The predicted octanol–water partition coefficient (Wildman–Crippen LogP) is 1.02. The van der Waals surface area contributed by atoms with Gasteiger partial charge in [0.2, 0.25) is 0 Å². The zero-order chi connectivity index (χ0) is 8.97. The maximum atomic E-state index is 7.04. The summed E-state index contributed by atoms with van der Waals surface area (Å²) in [5.74, 6) is 0.128. The van der Waals surface area contributed by atoms with Crippen molar-refractivity contribution in [3.05, 3.63) is 11.1 Å². The summed E-state index contributed by atoms with van der Waals surface area (Å²) in [4.78, 5) is 4.12. The van der Waals surface area contributed by atoms with Crippen LogP contribution in [-0.2, 0) is 6.42 Å². The van der Waals surface area contributed by atoms with Crippen molar-refractivity contribution in [2.45, 2.75) is 13.3 Å². The highest BCUT2D eigenvalue weighted by atomic mass is 32.1. The van der Waals surface area contributed by atoms with E-state index in [2.05, 4.69) is 4.98 Å². The summed E-state index contributed by atoms with van der Waals surface area (Å²) in [6.07, 6.45) is 0.406. The van der Waals surface area contributed by atoms with Crippen LogP contribution in [0.4, 0.5) is 0 Å². The van der Waals surface area contributed by atoms with Crippen molar-refractivity contribution in [1.29, 1.82) is 5.41 Å². The van der Waals surface area contributed by atoms with E-state index in [-0.39, 0.29) is 5.84 Å². The third-order valence-corrected chi connectivity index (χ3v) is 1.97. The lowest BCUT2D eigenvalue weighted by Crippen LogP contribution is -2.12. The van der Waals surface area contributed by atoms with Crippen molar-refractivity contribution in [3.8, 4) is 5.19 Å². The molecule has 0 fully saturated rings. The minimum atomic E-state index is 0.128. The van der Waals surface area contributed by atoms with Gasteiger partial charge in [0.05, 0.1) is 18.1 Å². The van der Waals surface area contributed by atoms with Crippen LogP contribution in [0.5, 0.6) is 5.19 Å². The van der Waals surface area contributed by atoms with Crippen molar-refractivity contribution in [1.82, 2.24) is 4.98 Å². The van der Waals surface area contributed by atoms with Crippen LogP contribution in [0.25, 0.3) is 0 Å². The molecule has 0 aromatic carbocycles. The first-order valence-corrected chi connectivity index (χ1v) is 4.50. The molecule has 0 atom stereocenters. The third kappa shape index (κ3) is 2.50. The molecule has 1 aromatic heterocycles. The van der Waals surface area contributed by atoms with E-state index in [9.17, 15) is 0 Å². The predicted molar refractivity (Wildman–Crippen MR) is 48.9 cm³/mol. The van der Waals surface area contributed by atoms with Crippen molar-refractivity contribution in [3.63, 3.8) is 0 Å². The molecule has 1 rings (SSSR count). The van der Waals surface area contributed by atoms with Gasteiger partial charge >= 0.3 is 0 Å². The molecule has 66 valence electrons. The normalized spacial score (nSPS) is 9.75. The highest BCUT2D eigenvalue weighted by Gasteiger charge is 2.02. The zero-order valence-corrected chi connectivity index (χ0v) is 7.65. The Morgan fingerprint density at radius 3 is 3.17 bits per heavy atom. The minimum absolute atomic E-state index is 0.128. The Labute approximate surface area is 74.9 Å². The number of nitrogens with zero attached hydrogens (tertiary/aromatic N) is 1. The minimum Gasteiger partial charge on any atom is -0.470 e. The Hall–Kier alpha value is -1.10. The molecule has 5 heteroatoms. The van der Waals surface area contributed by atoms with E-state index in [1.165, 1.54) is 11.3 Å². The zero-order valence-electron chi connectivity index (χ0n) is 6.83. The summed E-state index contributed by atoms with van der Waals surface area (Å²) >= 11 is 1.43. The van der Waals surface area contributed by atoms with Gasteiger partial charge in [0, 0.05) is 11.8 Å². The second-order valence-electron chi connectivity index (χ2n) is 2.24. The number of hydrogen-bond acceptors (Lipinski definition) is 4. The maximum absolute atomic E-state index is 7.04. The van der Waals surface area contributed by atoms with Crippen molar-refractivity contribution < 1.29 is 4.74 Å². The smallest absolute Gasteiger partial charge is 0.273 e. The standard InChI is InChI=1S/C7H11N3OS/c1-2-11-7-10-5(4-12-7)3-6(8)9/h4H,2-3H2,1H3,(H3,8,9). The molecular formula is C7H11N3OS. The molecule has 0 aliphatic carbocycles. The molecule has 0 unspecified atom stereocenters. The van der Waals surface area contributed by atoms with Gasteiger partial charge < -0.3 is 10.5 Å². The van der Waals surface area contributed by atoms with E-state index in [0.717, 1.165) is 5.69 Å². The Morgan fingerprint density at radius 2 is 2.58 bits per heavy atom. The molecule has 0 saturated carbocycles. The molecule has 12 heavy (non-hydrogen) atoms. The lowest BCUT2D eigenvalue weighted by Gasteiger charge is -1.94. The van der Waals surface area contributed by atoms with Gasteiger partial charge in [-0.15, -0.1) is 0 Å². The first-order valence-electron chi connectivity index (χ1n) is 3.62. The Bertz CT molecular complexity index is 271. The molecule has 1 aromatic rings. The van der Waals surface area contributed by atoms with E-state index in [0.29, 0.717) is 18.2 Å². The molecule has 0 spiro atoms. The van der Waals surface area contributed by atoms with Gasteiger partial charge in [0.15, 0.2) is 0 Å². The van der Waals surface area contributed by atoms with Crippen LogP contribution in [0.1, 0.15) is 12.6 Å². The summed E-state index contributed by atoms with van der Waals surface area (Å²) in [6.45, 7) is 2.53. The van der Waals surface area contributed by atoms with Gasteiger partial charge in [-0.05, 0) is 6.92 Å². The molecular weight excluding hydrogens is 174 g/mol. The van der Waals surface area contributed by atoms with Gasteiger partial charge in [0.1, 0.15) is 0 Å². The Kier molecular flexibility index (Phi) is 3.04. The van der Waals surface area contributed by atoms with E-state index in [1.807, 2.05) is 12.3 Å². The summed E-state index contributed by atoms with van der Waals surface area (Å²) in [7, 11) is 0. The topological polar surface area (TPSA) is 72.0 Å². The lowest BCUT2D eigenvalue weighted by atomic mass is 10.3. The summed E-state index contributed by atoms with van der Waals surface area (Å²) in [6, 6.07) is 0. The molecule has 0 bridgehead atoms. The third-order valence-electron chi connectivity index (χ3n) is 1.17. The van der Waals surface area contributed by atoms with E-state index < -0.39 is 0 Å². The summed E-state index contributed by atoms with van der Waals surface area (Å²) < 4.78 is 5.16. The monoisotopic (exact) mass is 185 g/mol. The van der Waals surface area contributed by atoms with E-state index >= 15 is 0 Å². The summed E-state index contributed by atoms with van der Waals surface area (Å²) in [5, 5.41) is 9.55. The van der Waals surface area contributed by atoms with Crippen LogP contribution in [0.2, 0.25) is 0 Å². The van der Waals surface area contributed by atoms with Crippen molar-refractivity contribution in [2.75, 3.05) is 6.61 Å². The van der Waals surface area contributed by atoms with Gasteiger partial charge in [-0.3, -0.25) is 5.41 Å². The fourth-order valence-corrected chi connectivity index (χ4v) is 1.48. The van der Waals surface area contributed by atoms with Crippen molar-refractivity contribution >= 4 is 17.2 Å². The molecule has 0 aliphatic heterocycles. The maximum Gasteiger partial charge on any atom is 0.273 e. The van der Waals surface area contributed by atoms with Gasteiger partial charge in [-0.25, -0.2) is 4.98 Å². The van der Waals surface area contributed by atoms with Crippen LogP contribution >= 0.6 is 11.3 Å². The average Bonchev–Trinajstić information content (AvgIpc) is 2.36. The molecule has 0 amide bonds. The largest absolute Gasteiger partial charge is 0.470 e. The molecule has 3 N–H and O–H groups in total. The quantitative estimate of drug-likeness (QED) is 0.543.